The molecule has 0 spiro atoms. The van der Waals surface area contributed by atoms with Gasteiger partial charge in [-0.25, -0.2) is 4.79 Å². The highest BCUT2D eigenvalue weighted by molar-refractivity contribution is 5.86. The van der Waals surface area contributed by atoms with Gasteiger partial charge in [0, 0.05) is 0 Å². The Morgan fingerprint density at radius 2 is 2.11 bits per heavy atom. The average molecular weight is 268 g/mol. The Morgan fingerprint density at radius 1 is 1.47 bits per heavy atom. The summed E-state index contributed by atoms with van der Waals surface area (Å²) in [4.78, 5) is 11.5. The molecule has 1 aromatic rings. The molecule has 106 valence electrons. The number of aromatic hydroxyl groups is 1. The van der Waals surface area contributed by atoms with E-state index in [1.54, 1.807) is 26.8 Å². The number of carbonyl (C=O) groups is 1. The molecule has 5 N–H and O–H groups in total. The predicted molar refractivity (Wildman–Crippen MR) is 72.0 cm³/mol. The number of aliphatic hydroxyl groups is 1. The lowest BCUT2D eigenvalue weighted by molar-refractivity contribution is 0.0635. The van der Waals surface area contributed by atoms with Gasteiger partial charge in [0.2, 0.25) is 0 Å². The minimum absolute atomic E-state index is 0.132. The first-order valence-electron chi connectivity index (χ1n) is 5.92. The first-order chi connectivity index (χ1) is 8.73. The Hall–Kier alpha value is -1.79. The van der Waals surface area contributed by atoms with Crippen LogP contribution in [0.1, 0.15) is 32.4 Å². The Labute approximate surface area is 112 Å². The molecule has 0 radical (unpaired) electrons. The summed E-state index contributed by atoms with van der Waals surface area (Å²) >= 11 is 0. The second-order valence-corrected chi connectivity index (χ2v) is 5.19. The first-order valence-corrected chi connectivity index (χ1v) is 5.92. The van der Waals surface area contributed by atoms with Crippen molar-refractivity contribution < 1.29 is 19.7 Å². The predicted octanol–water partition coefficient (Wildman–Crippen LogP) is 1.73. The molecule has 0 saturated heterocycles. The molecule has 6 heteroatoms. The van der Waals surface area contributed by atoms with Crippen molar-refractivity contribution in [3.05, 3.63) is 23.8 Å². The third-order valence-corrected chi connectivity index (χ3v) is 2.28. The number of hydrogen-bond donors (Lipinski definition) is 4. The topological polar surface area (TPSA) is 105 Å². The van der Waals surface area contributed by atoms with Crippen LogP contribution in [0, 0.1) is 0 Å². The van der Waals surface area contributed by atoms with Crippen LogP contribution in [-0.4, -0.2) is 28.5 Å². The van der Waals surface area contributed by atoms with Crippen molar-refractivity contribution in [2.24, 2.45) is 5.73 Å². The largest absolute Gasteiger partial charge is 0.506 e. The minimum Gasteiger partial charge on any atom is -0.506 e. The van der Waals surface area contributed by atoms with Crippen molar-refractivity contribution in [2.45, 2.75) is 32.4 Å². The van der Waals surface area contributed by atoms with E-state index in [1.807, 2.05) is 0 Å². The molecule has 1 amide bonds. The molecule has 0 saturated carbocycles. The fraction of sp³-hybridized carbons (Fsp3) is 0.462. The van der Waals surface area contributed by atoms with E-state index in [-0.39, 0.29) is 18.0 Å². The summed E-state index contributed by atoms with van der Waals surface area (Å²) in [5.74, 6) is -0.132. The number of rotatable bonds is 3. The maximum absolute atomic E-state index is 11.5. The van der Waals surface area contributed by atoms with Crippen molar-refractivity contribution in [3.63, 3.8) is 0 Å². The van der Waals surface area contributed by atoms with Gasteiger partial charge < -0.3 is 20.7 Å². The Morgan fingerprint density at radius 3 is 2.58 bits per heavy atom. The number of carbonyl (C=O) groups excluding carboxylic acids is 1. The van der Waals surface area contributed by atoms with Gasteiger partial charge in [-0.1, -0.05) is 6.07 Å². The number of aliphatic hydroxyl groups excluding tert-OH is 1. The molecule has 6 nitrogen and oxygen atoms in total. The number of ether oxygens (including phenoxy) is 1. The van der Waals surface area contributed by atoms with Gasteiger partial charge in [-0.05, 0) is 38.5 Å². The zero-order valence-corrected chi connectivity index (χ0v) is 11.3. The van der Waals surface area contributed by atoms with Gasteiger partial charge in [0.1, 0.15) is 11.4 Å². The smallest absolute Gasteiger partial charge is 0.412 e. The number of hydrogen-bond acceptors (Lipinski definition) is 5. The standard InChI is InChI=1S/C13H20N2O4/c1-13(2,3)19-12(18)15-10-5-4-8(6-11(10)17)9(14)7-16/h4-6,9,16-17H,7,14H2,1-3H3,(H,15,18)/t9-/m1/s1. The number of anilines is 1. The van der Waals surface area contributed by atoms with Crippen LogP contribution in [0.15, 0.2) is 18.2 Å². The van der Waals surface area contributed by atoms with Crippen LogP contribution in [0.5, 0.6) is 5.75 Å². The van der Waals surface area contributed by atoms with E-state index < -0.39 is 17.7 Å². The highest BCUT2D eigenvalue weighted by Crippen LogP contribution is 2.27. The number of phenolic OH excluding ortho intramolecular Hbond substituents is 1. The summed E-state index contributed by atoms with van der Waals surface area (Å²) in [7, 11) is 0. The fourth-order valence-corrected chi connectivity index (χ4v) is 1.40. The molecule has 0 aliphatic rings. The summed E-state index contributed by atoms with van der Waals surface area (Å²) in [6.07, 6.45) is -0.651. The number of nitrogens with two attached hydrogens (primary N) is 1. The maximum atomic E-state index is 11.5. The van der Waals surface area contributed by atoms with Crippen molar-refractivity contribution in [1.82, 2.24) is 0 Å². The van der Waals surface area contributed by atoms with Gasteiger partial charge in [-0.3, -0.25) is 5.32 Å². The van der Waals surface area contributed by atoms with Gasteiger partial charge in [-0.15, -0.1) is 0 Å². The molecular formula is C13H20N2O4. The summed E-state index contributed by atoms with van der Waals surface area (Å²) in [5, 5.41) is 21.1. The van der Waals surface area contributed by atoms with Crippen LogP contribution in [0.25, 0.3) is 0 Å². The van der Waals surface area contributed by atoms with Crippen LogP contribution in [0.2, 0.25) is 0 Å². The van der Waals surface area contributed by atoms with E-state index in [0.29, 0.717) is 5.56 Å². The molecule has 1 atom stereocenters. The first kappa shape index (κ1) is 15.3. The molecule has 19 heavy (non-hydrogen) atoms. The zero-order valence-electron chi connectivity index (χ0n) is 11.3. The summed E-state index contributed by atoms with van der Waals surface area (Å²) < 4.78 is 5.07. The Kier molecular flexibility index (Phi) is 4.74. The second kappa shape index (κ2) is 5.90. The Balaban J connectivity index is 2.78. The van der Waals surface area contributed by atoms with E-state index >= 15 is 0 Å². The Bertz CT molecular complexity index is 454. The number of benzene rings is 1. The third kappa shape index (κ3) is 4.76. The van der Waals surface area contributed by atoms with E-state index in [1.165, 1.54) is 12.1 Å². The lowest BCUT2D eigenvalue weighted by Crippen LogP contribution is -2.27. The van der Waals surface area contributed by atoms with E-state index in [2.05, 4.69) is 5.32 Å². The lowest BCUT2D eigenvalue weighted by atomic mass is 10.1. The highest BCUT2D eigenvalue weighted by atomic mass is 16.6. The molecule has 0 unspecified atom stereocenters. The fourth-order valence-electron chi connectivity index (χ4n) is 1.40. The van der Waals surface area contributed by atoms with Crippen LogP contribution in [-0.2, 0) is 4.74 Å². The number of amides is 1. The summed E-state index contributed by atoms with van der Waals surface area (Å²) in [6, 6.07) is 3.95. The molecular weight excluding hydrogens is 248 g/mol. The van der Waals surface area contributed by atoms with Crippen LogP contribution >= 0.6 is 0 Å². The molecule has 0 bridgehead atoms. The van der Waals surface area contributed by atoms with Gasteiger partial charge >= 0.3 is 6.09 Å². The molecule has 1 aromatic carbocycles. The molecule has 0 heterocycles. The SMILES string of the molecule is CC(C)(C)OC(=O)Nc1ccc([C@H](N)CO)cc1O. The quantitative estimate of drug-likeness (QED) is 0.625. The van der Waals surface area contributed by atoms with Crippen LogP contribution in [0.4, 0.5) is 10.5 Å². The van der Waals surface area contributed by atoms with Crippen LogP contribution < -0.4 is 11.1 Å². The van der Waals surface area contributed by atoms with Crippen molar-refractivity contribution >= 4 is 11.8 Å². The van der Waals surface area contributed by atoms with Crippen molar-refractivity contribution in [3.8, 4) is 5.75 Å². The maximum Gasteiger partial charge on any atom is 0.412 e. The second-order valence-electron chi connectivity index (χ2n) is 5.19. The van der Waals surface area contributed by atoms with Gasteiger partial charge in [0.15, 0.2) is 0 Å². The lowest BCUT2D eigenvalue weighted by Gasteiger charge is -2.20. The van der Waals surface area contributed by atoms with Crippen LogP contribution in [0.3, 0.4) is 0 Å². The van der Waals surface area contributed by atoms with E-state index in [9.17, 15) is 9.90 Å². The molecule has 1 rings (SSSR count). The molecule has 0 aliphatic heterocycles. The third-order valence-electron chi connectivity index (χ3n) is 2.28. The van der Waals surface area contributed by atoms with Crippen molar-refractivity contribution in [1.29, 1.82) is 0 Å². The summed E-state index contributed by atoms with van der Waals surface area (Å²) in [5.41, 5.74) is 5.82. The van der Waals surface area contributed by atoms with E-state index in [4.69, 9.17) is 15.6 Å². The van der Waals surface area contributed by atoms with Gasteiger partial charge in [0.05, 0.1) is 18.3 Å². The minimum atomic E-state index is -0.651. The normalized spacial score (nSPS) is 12.9. The molecule has 0 aliphatic carbocycles. The van der Waals surface area contributed by atoms with Crippen molar-refractivity contribution in [2.75, 3.05) is 11.9 Å². The van der Waals surface area contributed by atoms with Gasteiger partial charge in [-0.2, -0.15) is 0 Å². The number of nitrogens with one attached hydrogen (secondary N) is 1. The highest BCUT2D eigenvalue weighted by Gasteiger charge is 2.17. The summed E-state index contributed by atoms with van der Waals surface area (Å²) in [6.45, 7) is 5.01. The van der Waals surface area contributed by atoms with Gasteiger partial charge in [0.25, 0.3) is 0 Å². The number of phenols is 1. The zero-order chi connectivity index (χ0) is 14.6. The monoisotopic (exact) mass is 268 g/mol. The average Bonchev–Trinajstić information content (AvgIpc) is 2.28. The van der Waals surface area contributed by atoms with E-state index in [0.717, 1.165) is 0 Å². The molecule has 0 fully saturated rings. The molecule has 0 aromatic heterocycles.